The van der Waals surface area contributed by atoms with Gasteiger partial charge in [-0.3, -0.25) is 14.4 Å². The van der Waals surface area contributed by atoms with Crippen LogP contribution >= 0.6 is 11.8 Å². The number of carbonyl (C=O) groups excluding carboxylic acids is 2. The van der Waals surface area contributed by atoms with E-state index in [1.54, 1.807) is 6.92 Å². The second-order valence-electron chi connectivity index (χ2n) is 9.14. The summed E-state index contributed by atoms with van der Waals surface area (Å²) in [7, 11) is 0. The number of unbranched alkanes of at least 4 members (excludes halogenated alkanes) is 3. The van der Waals surface area contributed by atoms with Crippen molar-refractivity contribution < 1.29 is 19.5 Å². The van der Waals surface area contributed by atoms with Gasteiger partial charge in [0, 0.05) is 27.8 Å². The molecule has 0 aliphatic heterocycles. The molecule has 0 fully saturated rings. The van der Waals surface area contributed by atoms with Gasteiger partial charge < -0.3 is 10.4 Å². The van der Waals surface area contributed by atoms with Gasteiger partial charge in [0.2, 0.25) is 0 Å². The van der Waals surface area contributed by atoms with Crippen LogP contribution in [0.4, 0.5) is 0 Å². The maximum atomic E-state index is 12.3. The van der Waals surface area contributed by atoms with Gasteiger partial charge in [-0.25, -0.2) is 0 Å². The van der Waals surface area contributed by atoms with E-state index in [0.29, 0.717) is 11.1 Å². The van der Waals surface area contributed by atoms with Crippen molar-refractivity contribution in [2.75, 3.05) is 6.54 Å². The Morgan fingerprint density at radius 1 is 0.811 bits per heavy atom. The number of hydrogen-bond donors (Lipinski definition) is 2. The molecular formula is C31H35NO4S. The lowest BCUT2D eigenvalue weighted by molar-refractivity contribution is -0.136. The zero-order chi connectivity index (χ0) is 26.6. The van der Waals surface area contributed by atoms with E-state index >= 15 is 0 Å². The number of benzene rings is 3. The van der Waals surface area contributed by atoms with E-state index in [1.165, 1.54) is 29.7 Å². The van der Waals surface area contributed by atoms with E-state index in [9.17, 15) is 14.4 Å². The highest BCUT2D eigenvalue weighted by molar-refractivity contribution is 7.99. The third-order valence-electron chi connectivity index (χ3n) is 6.25. The summed E-state index contributed by atoms with van der Waals surface area (Å²) in [6, 6.07) is 23.9. The normalized spacial score (nSPS) is 11.6. The van der Waals surface area contributed by atoms with Gasteiger partial charge in [0.05, 0.1) is 6.42 Å². The van der Waals surface area contributed by atoms with Crippen LogP contribution in [-0.4, -0.2) is 29.3 Å². The number of carboxylic acid groups (broad SMARTS) is 1. The number of Topliss-reactive ketones (excluding diaryl/α,β-unsaturated/α-hetero) is 1. The maximum Gasteiger partial charge on any atom is 0.305 e. The molecule has 0 spiro atoms. The molecule has 0 saturated heterocycles. The smallest absolute Gasteiger partial charge is 0.305 e. The number of aliphatic carboxylic acids is 1. The zero-order valence-corrected chi connectivity index (χ0v) is 22.4. The molecule has 1 unspecified atom stereocenters. The molecule has 5 nitrogen and oxygen atoms in total. The first-order valence-corrected chi connectivity index (χ1v) is 13.7. The molecule has 0 aliphatic carbocycles. The van der Waals surface area contributed by atoms with Crippen molar-refractivity contribution in [1.29, 1.82) is 0 Å². The third kappa shape index (κ3) is 8.90. The Morgan fingerprint density at radius 3 is 1.97 bits per heavy atom. The highest BCUT2D eigenvalue weighted by atomic mass is 32.2. The van der Waals surface area contributed by atoms with Crippen molar-refractivity contribution in [2.45, 2.75) is 62.5 Å². The molecule has 2 N–H and O–H groups in total. The van der Waals surface area contributed by atoms with Crippen LogP contribution in [0.1, 0.15) is 83.9 Å². The lowest BCUT2D eigenvalue weighted by Crippen LogP contribution is -2.25. The third-order valence-corrected chi connectivity index (χ3v) is 7.58. The summed E-state index contributed by atoms with van der Waals surface area (Å²) in [5.74, 6) is -1.13. The number of amides is 1. The fourth-order valence-electron chi connectivity index (χ4n) is 4.07. The quantitative estimate of drug-likeness (QED) is 0.131. The summed E-state index contributed by atoms with van der Waals surface area (Å²) in [4.78, 5) is 35.7. The minimum absolute atomic E-state index is 0.0649. The van der Waals surface area contributed by atoms with Gasteiger partial charge in [-0.1, -0.05) is 81.1 Å². The van der Waals surface area contributed by atoms with Crippen molar-refractivity contribution in [3.63, 3.8) is 0 Å². The van der Waals surface area contributed by atoms with Crippen LogP contribution in [0.2, 0.25) is 0 Å². The van der Waals surface area contributed by atoms with Crippen LogP contribution in [0.15, 0.2) is 77.7 Å². The highest BCUT2D eigenvalue weighted by Crippen LogP contribution is 2.40. The summed E-state index contributed by atoms with van der Waals surface area (Å²) in [5.41, 5.74) is 4.61. The molecule has 3 aromatic rings. The fraction of sp³-hybridized carbons (Fsp3) is 0.323. The second kappa shape index (κ2) is 14.4. The van der Waals surface area contributed by atoms with E-state index < -0.39 is 5.97 Å². The maximum absolute atomic E-state index is 12.3. The van der Waals surface area contributed by atoms with Gasteiger partial charge in [-0.05, 0) is 54.3 Å². The summed E-state index contributed by atoms with van der Waals surface area (Å²) in [6.07, 6.45) is 5.71. The number of thioether (sulfide) groups is 1. The zero-order valence-electron chi connectivity index (χ0n) is 21.5. The van der Waals surface area contributed by atoms with Gasteiger partial charge in [0.25, 0.3) is 5.91 Å². The lowest BCUT2D eigenvalue weighted by atomic mass is 10.0. The molecule has 194 valence electrons. The standard InChI is InChI=1S/C31H35NO4S/c1-3-4-5-6-7-29(26-12-14-27(15-13-26)31(36)32-21-20-30(34)35)37-28-18-16-25(17-19-28)24-10-8-23(9-11-24)22(2)33/h8-19,29H,3-7,20-21H2,1-2H3,(H,32,36)(H,34,35). The van der Waals surface area contributed by atoms with Crippen LogP contribution in [0.25, 0.3) is 11.1 Å². The number of nitrogens with one attached hydrogen (secondary N) is 1. The first-order chi connectivity index (χ1) is 17.9. The molecule has 37 heavy (non-hydrogen) atoms. The Hall–Kier alpha value is -3.38. The first kappa shape index (κ1) is 28.2. The molecule has 0 saturated carbocycles. The Bertz CT molecular complexity index is 1170. The van der Waals surface area contributed by atoms with Crippen LogP contribution in [-0.2, 0) is 4.79 Å². The second-order valence-corrected chi connectivity index (χ2v) is 10.4. The molecule has 0 bridgehead atoms. The van der Waals surface area contributed by atoms with Gasteiger partial charge in [-0.2, -0.15) is 0 Å². The number of carbonyl (C=O) groups is 3. The Labute approximate surface area is 223 Å². The molecule has 3 rings (SSSR count). The molecular weight excluding hydrogens is 482 g/mol. The summed E-state index contributed by atoms with van der Waals surface area (Å²) >= 11 is 1.83. The molecule has 0 radical (unpaired) electrons. The number of rotatable bonds is 14. The number of carboxylic acids is 1. The Balaban J connectivity index is 1.70. The van der Waals surface area contributed by atoms with Crippen LogP contribution in [0, 0.1) is 0 Å². The predicted octanol–water partition coefficient (Wildman–Crippen LogP) is 7.56. The molecule has 0 aliphatic rings. The van der Waals surface area contributed by atoms with Crippen molar-refractivity contribution >= 4 is 29.4 Å². The number of hydrogen-bond acceptors (Lipinski definition) is 4. The molecule has 1 amide bonds. The topological polar surface area (TPSA) is 83.5 Å². The molecule has 1 atom stereocenters. The molecule has 3 aromatic carbocycles. The van der Waals surface area contributed by atoms with Crippen LogP contribution in [0.5, 0.6) is 0 Å². The number of ketones is 1. The molecule has 6 heteroatoms. The van der Waals surface area contributed by atoms with Crippen molar-refractivity contribution in [3.8, 4) is 11.1 Å². The van der Waals surface area contributed by atoms with Gasteiger partial charge in [0.15, 0.2) is 5.78 Å². The van der Waals surface area contributed by atoms with E-state index in [1.807, 2.05) is 60.3 Å². The molecule has 0 aromatic heterocycles. The fourth-order valence-corrected chi connectivity index (χ4v) is 5.27. The monoisotopic (exact) mass is 517 g/mol. The summed E-state index contributed by atoms with van der Waals surface area (Å²) < 4.78 is 0. The van der Waals surface area contributed by atoms with Crippen LogP contribution in [0.3, 0.4) is 0 Å². The van der Waals surface area contributed by atoms with Crippen molar-refractivity contribution in [1.82, 2.24) is 5.32 Å². The van der Waals surface area contributed by atoms with Crippen LogP contribution < -0.4 is 5.32 Å². The highest BCUT2D eigenvalue weighted by Gasteiger charge is 2.15. The summed E-state index contributed by atoms with van der Waals surface area (Å²) in [6.45, 7) is 3.90. The Morgan fingerprint density at radius 2 is 1.41 bits per heavy atom. The minimum atomic E-state index is -0.933. The van der Waals surface area contributed by atoms with Gasteiger partial charge >= 0.3 is 5.97 Å². The predicted molar refractivity (Wildman–Crippen MR) is 150 cm³/mol. The SMILES string of the molecule is CCCCCCC(Sc1ccc(-c2ccc(C(C)=O)cc2)cc1)c1ccc(C(=O)NCCC(=O)O)cc1. The average molecular weight is 518 g/mol. The Kier molecular flexibility index (Phi) is 11.0. The average Bonchev–Trinajstić information content (AvgIpc) is 2.90. The van der Waals surface area contributed by atoms with Crippen molar-refractivity contribution in [3.05, 3.63) is 89.5 Å². The van der Waals surface area contributed by atoms with E-state index in [2.05, 4.69) is 36.5 Å². The lowest BCUT2D eigenvalue weighted by Gasteiger charge is -2.18. The van der Waals surface area contributed by atoms with Gasteiger partial charge in [0.1, 0.15) is 0 Å². The summed E-state index contributed by atoms with van der Waals surface area (Å²) in [5, 5.41) is 11.7. The van der Waals surface area contributed by atoms with E-state index in [4.69, 9.17) is 5.11 Å². The van der Waals surface area contributed by atoms with E-state index in [-0.39, 0.29) is 29.9 Å². The molecule has 0 heterocycles. The first-order valence-electron chi connectivity index (χ1n) is 12.9. The van der Waals surface area contributed by atoms with Gasteiger partial charge in [-0.15, -0.1) is 11.8 Å². The largest absolute Gasteiger partial charge is 0.481 e. The van der Waals surface area contributed by atoms with E-state index in [0.717, 1.165) is 24.0 Å². The minimum Gasteiger partial charge on any atom is -0.481 e. The van der Waals surface area contributed by atoms with Crippen molar-refractivity contribution in [2.24, 2.45) is 0 Å².